The maximum Gasteiger partial charge on any atom is 0.416 e. The third-order valence-electron chi connectivity index (χ3n) is 4.28. The lowest BCUT2D eigenvalue weighted by molar-refractivity contribution is -0.137. The lowest BCUT2D eigenvalue weighted by atomic mass is 10.1. The quantitative estimate of drug-likeness (QED) is 0.340. The topological polar surface area (TPSA) is 72.5 Å². The number of rotatable bonds is 9. The van der Waals surface area contributed by atoms with Crippen molar-refractivity contribution in [3.63, 3.8) is 0 Å². The van der Waals surface area contributed by atoms with Crippen LogP contribution in [-0.4, -0.2) is 24.3 Å². The lowest BCUT2D eigenvalue weighted by Crippen LogP contribution is -2.15. The number of benzene rings is 2. The molecule has 0 spiro atoms. The van der Waals surface area contributed by atoms with Gasteiger partial charge < -0.3 is 10.1 Å². The second-order valence-electron chi connectivity index (χ2n) is 6.66. The highest BCUT2D eigenvalue weighted by atomic mass is 19.4. The first-order valence-corrected chi connectivity index (χ1v) is 9.48. The Hall–Kier alpha value is -3.16. The van der Waals surface area contributed by atoms with Crippen LogP contribution < -0.4 is 5.32 Å². The number of esters is 1. The minimum Gasteiger partial charge on any atom is -0.454 e. The minimum atomic E-state index is -4.50. The number of amides is 1. The average Bonchev–Trinajstić information content (AvgIpc) is 2.72. The van der Waals surface area contributed by atoms with Crippen LogP contribution >= 0.6 is 0 Å². The predicted octanol–water partition coefficient (Wildman–Crippen LogP) is 5.26. The standard InChI is InChI=1S/C22H22F3NO4/c1-2-3-4-5-20(28)26-18-12-8-15(9-13-18)19(27)14-30-21(29)16-6-10-17(11-7-16)22(23,24)25/h6-13H,2-5,14H2,1H3,(H,26,28). The van der Waals surface area contributed by atoms with E-state index in [9.17, 15) is 27.6 Å². The third-order valence-corrected chi connectivity index (χ3v) is 4.28. The van der Waals surface area contributed by atoms with Crippen LogP contribution in [0.2, 0.25) is 0 Å². The van der Waals surface area contributed by atoms with Gasteiger partial charge in [0.1, 0.15) is 0 Å². The maximum absolute atomic E-state index is 12.5. The number of Topliss-reactive ketones (excluding diaryl/α,β-unsaturated/α-hetero) is 1. The fourth-order valence-corrected chi connectivity index (χ4v) is 2.59. The van der Waals surface area contributed by atoms with E-state index >= 15 is 0 Å². The molecule has 160 valence electrons. The molecule has 1 amide bonds. The van der Waals surface area contributed by atoms with E-state index in [-0.39, 0.29) is 17.0 Å². The van der Waals surface area contributed by atoms with Gasteiger partial charge in [-0.2, -0.15) is 13.2 Å². The average molecular weight is 421 g/mol. The summed E-state index contributed by atoms with van der Waals surface area (Å²) >= 11 is 0. The minimum absolute atomic E-state index is 0.0862. The van der Waals surface area contributed by atoms with Gasteiger partial charge in [-0.25, -0.2) is 4.79 Å². The zero-order valence-electron chi connectivity index (χ0n) is 16.4. The summed E-state index contributed by atoms with van der Waals surface area (Å²) in [7, 11) is 0. The molecule has 0 saturated carbocycles. The molecular weight excluding hydrogens is 399 g/mol. The first-order chi connectivity index (χ1) is 14.2. The Kier molecular flexibility index (Phi) is 8.15. The molecule has 0 aliphatic carbocycles. The number of carbonyl (C=O) groups excluding carboxylic acids is 3. The van der Waals surface area contributed by atoms with Crippen LogP contribution in [0.15, 0.2) is 48.5 Å². The predicted molar refractivity (Wildman–Crippen MR) is 105 cm³/mol. The third kappa shape index (κ3) is 7.02. The summed E-state index contributed by atoms with van der Waals surface area (Å²) in [5.74, 6) is -1.47. The molecule has 0 aliphatic heterocycles. The maximum atomic E-state index is 12.5. The van der Waals surface area contributed by atoms with E-state index in [1.54, 1.807) is 12.1 Å². The van der Waals surface area contributed by atoms with Crippen molar-refractivity contribution >= 4 is 23.3 Å². The highest BCUT2D eigenvalue weighted by Crippen LogP contribution is 2.29. The van der Waals surface area contributed by atoms with Crippen molar-refractivity contribution in [2.45, 2.75) is 38.8 Å². The van der Waals surface area contributed by atoms with Crippen LogP contribution in [0, 0.1) is 0 Å². The lowest BCUT2D eigenvalue weighted by Gasteiger charge is -2.08. The summed E-state index contributed by atoms with van der Waals surface area (Å²) in [6.45, 7) is 1.50. The number of ether oxygens (including phenoxy) is 1. The first-order valence-electron chi connectivity index (χ1n) is 9.48. The largest absolute Gasteiger partial charge is 0.454 e. The molecule has 0 fully saturated rings. The number of anilines is 1. The number of halogens is 3. The molecule has 0 unspecified atom stereocenters. The van der Waals surface area contributed by atoms with Crippen molar-refractivity contribution in [3.8, 4) is 0 Å². The number of hydrogen-bond acceptors (Lipinski definition) is 4. The van der Waals surface area contributed by atoms with Gasteiger partial charge in [0, 0.05) is 17.7 Å². The molecular formula is C22H22F3NO4. The van der Waals surface area contributed by atoms with Crippen molar-refractivity contribution < 1.29 is 32.3 Å². The van der Waals surface area contributed by atoms with E-state index in [0.29, 0.717) is 12.1 Å². The van der Waals surface area contributed by atoms with Gasteiger partial charge in [-0.05, 0) is 55.0 Å². The van der Waals surface area contributed by atoms with Gasteiger partial charge in [0.2, 0.25) is 5.91 Å². The Morgan fingerprint density at radius 3 is 2.07 bits per heavy atom. The number of alkyl halides is 3. The van der Waals surface area contributed by atoms with Crippen molar-refractivity contribution in [2.24, 2.45) is 0 Å². The normalized spacial score (nSPS) is 11.1. The summed E-state index contributed by atoms with van der Waals surface area (Å²) in [4.78, 5) is 35.9. The van der Waals surface area contributed by atoms with Crippen molar-refractivity contribution in [1.29, 1.82) is 0 Å². The number of hydrogen-bond donors (Lipinski definition) is 1. The number of carbonyl (C=O) groups is 3. The van der Waals surface area contributed by atoms with Crippen LogP contribution in [0.25, 0.3) is 0 Å². The number of unbranched alkanes of at least 4 members (excludes halogenated alkanes) is 2. The summed E-state index contributed by atoms with van der Waals surface area (Å²) in [5.41, 5.74) is -0.140. The molecule has 30 heavy (non-hydrogen) atoms. The Bertz CT molecular complexity index is 875. The summed E-state index contributed by atoms with van der Waals surface area (Å²) in [6.07, 6.45) is -1.27. The first kappa shape index (κ1) is 23.1. The summed E-state index contributed by atoms with van der Waals surface area (Å²) < 4.78 is 42.5. The summed E-state index contributed by atoms with van der Waals surface area (Å²) in [5, 5.41) is 2.74. The van der Waals surface area contributed by atoms with Gasteiger partial charge in [-0.1, -0.05) is 19.8 Å². The molecule has 0 aliphatic rings. The SMILES string of the molecule is CCCCCC(=O)Nc1ccc(C(=O)COC(=O)c2ccc(C(F)(F)F)cc2)cc1. The monoisotopic (exact) mass is 421 g/mol. The van der Waals surface area contributed by atoms with Gasteiger partial charge in [0.15, 0.2) is 12.4 Å². The fourth-order valence-electron chi connectivity index (χ4n) is 2.59. The molecule has 0 bridgehead atoms. The molecule has 2 rings (SSSR count). The van der Waals surface area contributed by atoms with Crippen LogP contribution in [0.5, 0.6) is 0 Å². The molecule has 8 heteroatoms. The highest BCUT2D eigenvalue weighted by molar-refractivity contribution is 6.00. The molecule has 2 aromatic rings. The Morgan fingerprint density at radius 2 is 1.50 bits per heavy atom. The fraction of sp³-hybridized carbons (Fsp3) is 0.318. The smallest absolute Gasteiger partial charge is 0.416 e. The zero-order chi connectivity index (χ0) is 22.1. The second kappa shape index (κ2) is 10.6. The van der Waals surface area contributed by atoms with Gasteiger partial charge in [0.25, 0.3) is 0 Å². The molecule has 0 saturated heterocycles. The van der Waals surface area contributed by atoms with E-state index in [0.717, 1.165) is 43.5 Å². The highest BCUT2D eigenvalue weighted by Gasteiger charge is 2.30. The van der Waals surface area contributed by atoms with Crippen molar-refractivity contribution in [3.05, 3.63) is 65.2 Å². The van der Waals surface area contributed by atoms with Crippen LogP contribution in [0.3, 0.4) is 0 Å². The second-order valence-corrected chi connectivity index (χ2v) is 6.66. The molecule has 0 aromatic heterocycles. The van der Waals surface area contributed by atoms with Crippen molar-refractivity contribution in [2.75, 3.05) is 11.9 Å². The molecule has 0 atom stereocenters. The van der Waals surface area contributed by atoms with Crippen LogP contribution in [0.4, 0.5) is 18.9 Å². The van der Waals surface area contributed by atoms with E-state index in [4.69, 9.17) is 4.74 Å². The Morgan fingerprint density at radius 1 is 0.900 bits per heavy atom. The van der Waals surface area contributed by atoms with Gasteiger partial charge >= 0.3 is 12.1 Å². The van der Waals surface area contributed by atoms with E-state index in [1.165, 1.54) is 12.1 Å². The van der Waals surface area contributed by atoms with Gasteiger partial charge in [-0.3, -0.25) is 9.59 Å². The van der Waals surface area contributed by atoms with E-state index < -0.39 is 30.1 Å². The van der Waals surface area contributed by atoms with Gasteiger partial charge in [-0.15, -0.1) is 0 Å². The van der Waals surface area contributed by atoms with Crippen molar-refractivity contribution in [1.82, 2.24) is 0 Å². The number of ketones is 1. The molecule has 0 heterocycles. The van der Waals surface area contributed by atoms with E-state index in [2.05, 4.69) is 12.2 Å². The Labute approximate surface area is 172 Å². The van der Waals surface area contributed by atoms with Crippen LogP contribution in [0.1, 0.15) is 58.9 Å². The molecule has 5 nitrogen and oxygen atoms in total. The molecule has 2 aromatic carbocycles. The molecule has 1 N–H and O–H groups in total. The Balaban J connectivity index is 1.85. The summed E-state index contributed by atoms with van der Waals surface area (Å²) in [6, 6.07) is 9.67. The zero-order valence-corrected chi connectivity index (χ0v) is 16.4. The van der Waals surface area contributed by atoms with E-state index in [1.807, 2.05) is 0 Å². The van der Waals surface area contributed by atoms with Gasteiger partial charge in [0.05, 0.1) is 11.1 Å². The number of nitrogens with one attached hydrogen (secondary N) is 1. The molecule has 0 radical (unpaired) electrons. The van der Waals surface area contributed by atoms with Crippen LogP contribution in [-0.2, 0) is 15.7 Å².